The Hall–Kier alpha value is -0.970. The predicted octanol–water partition coefficient (Wildman–Crippen LogP) is 2.40. The van der Waals surface area contributed by atoms with Crippen LogP contribution in [0.25, 0.3) is 0 Å². The molecule has 3 heterocycles. The van der Waals surface area contributed by atoms with Gasteiger partial charge in [-0.25, -0.2) is 0 Å². The quantitative estimate of drug-likeness (QED) is 0.807. The number of rotatable bonds is 6. The standard InChI is InChI=1S/C18H29N3O/c1-15(2)11-21(17-5-8-22-9-6-17)18-13-20(14-18)12-16-4-3-7-19-10-16/h3-4,7,10,15,17-18H,5-6,8-9,11-14H2,1-2H3. The second-order valence-electron chi connectivity index (χ2n) is 7.14. The van der Waals surface area contributed by atoms with E-state index >= 15 is 0 Å². The third-order valence-corrected chi connectivity index (χ3v) is 4.77. The summed E-state index contributed by atoms with van der Waals surface area (Å²) < 4.78 is 5.54. The highest BCUT2D eigenvalue weighted by atomic mass is 16.5. The van der Waals surface area contributed by atoms with Crippen LogP contribution in [-0.4, -0.2) is 59.7 Å². The van der Waals surface area contributed by atoms with Gasteiger partial charge in [0.2, 0.25) is 0 Å². The lowest BCUT2D eigenvalue weighted by molar-refractivity contribution is -0.0383. The second kappa shape index (κ2) is 7.53. The van der Waals surface area contributed by atoms with Crippen LogP contribution in [0.2, 0.25) is 0 Å². The molecule has 2 saturated heterocycles. The number of pyridine rings is 1. The summed E-state index contributed by atoms with van der Waals surface area (Å²) in [6.07, 6.45) is 6.23. The maximum Gasteiger partial charge on any atom is 0.0480 e. The van der Waals surface area contributed by atoms with Crippen molar-refractivity contribution in [2.24, 2.45) is 5.92 Å². The van der Waals surface area contributed by atoms with Gasteiger partial charge in [-0.2, -0.15) is 0 Å². The normalized spacial score (nSPS) is 21.5. The van der Waals surface area contributed by atoms with Crippen molar-refractivity contribution in [2.45, 2.75) is 45.3 Å². The fourth-order valence-electron chi connectivity index (χ4n) is 3.67. The van der Waals surface area contributed by atoms with Crippen LogP contribution in [0.1, 0.15) is 32.3 Å². The van der Waals surface area contributed by atoms with Gasteiger partial charge >= 0.3 is 0 Å². The lowest BCUT2D eigenvalue weighted by atomic mass is 9.98. The minimum absolute atomic E-state index is 0.724. The van der Waals surface area contributed by atoms with Gasteiger partial charge in [0.05, 0.1) is 0 Å². The number of nitrogens with zero attached hydrogens (tertiary/aromatic N) is 3. The fraction of sp³-hybridized carbons (Fsp3) is 0.722. The van der Waals surface area contributed by atoms with Crippen LogP contribution in [0.4, 0.5) is 0 Å². The minimum Gasteiger partial charge on any atom is -0.381 e. The SMILES string of the molecule is CC(C)CN(C1CCOCC1)C1CN(Cc2cccnc2)C1. The molecule has 0 amide bonds. The summed E-state index contributed by atoms with van der Waals surface area (Å²) in [4.78, 5) is 9.52. The van der Waals surface area contributed by atoms with E-state index in [1.54, 1.807) is 0 Å². The van der Waals surface area contributed by atoms with Crippen LogP contribution in [0.15, 0.2) is 24.5 Å². The molecule has 2 aliphatic rings. The number of aromatic nitrogens is 1. The highest BCUT2D eigenvalue weighted by molar-refractivity contribution is 5.09. The zero-order valence-electron chi connectivity index (χ0n) is 13.9. The second-order valence-corrected chi connectivity index (χ2v) is 7.14. The van der Waals surface area contributed by atoms with Crippen LogP contribution in [0, 0.1) is 5.92 Å². The van der Waals surface area contributed by atoms with E-state index in [4.69, 9.17) is 4.74 Å². The van der Waals surface area contributed by atoms with Crippen molar-refractivity contribution < 1.29 is 4.74 Å². The van der Waals surface area contributed by atoms with E-state index < -0.39 is 0 Å². The Labute approximate surface area is 134 Å². The summed E-state index contributed by atoms with van der Waals surface area (Å²) in [7, 11) is 0. The topological polar surface area (TPSA) is 28.6 Å². The zero-order chi connectivity index (χ0) is 15.4. The molecule has 0 aromatic carbocycles. The molecule has 0 bridgehead atoms. The molecule has 0 spiro atoms. The molecule has 3 rings (SSSR count). The molecule has 1 aromatic heterocycles. The Bertz CT molecular complexity index is 439. The van der Waals surface area contributed by atoms with Crippen LogP contribution in [-0.2, 0) is 11.3 Å². The lowest BCUT2D eigenvalue weighted by Crippen LogP contribution is -2.62. The highest BCUT2D eigenvalue weighted by Gasteiger charge is 2.36. The summed E-state index contributed by atoms with van der Waals surface area (Å²) in [6.45, 7) is 11.2. The summed E-state index contributed by atoms with van der Waals surface area (Å²) >= 11 is 0. The molecule has 2 aliphatic heterocycles. The van der Waals surface area contributed by atoms with Gasteiger partial charge in [-0.3, -0.25) is 14.8 Å². The highest BCUT2D eigenvalue weighted by Crippen LogP contribution is 2.25. The van der Waals surface area contributed by atoms with E-state index in [0.717, 1.165) is 37.8 Å². The van der Waals surface area contributed by atoms with Crippen molar-refractivity contribution >= 4 is 0 Å². The first-order valence-corrected chi connectivity index (χ1v) is 8.67. The molecular weight excluding hydrogens is 274 g/mol. The average molecular weight is 303 g/mol. The molecule has 4 heteroatoms. The molecule has 1 aromatic rings. The van der Waals surface area contributed by atoms with Crippen molar-refractivity contribution in [2.75, 3.05) is 32.8 Å². The van der Waals surface area contributed by atoms with Crippen molar-refractivity contribution in [3.05, 3.63) is 30.1 Å². The summed E-state index contributed by atoms with van der Waals surface area (Å²) in [6, 6.07) is 5.65. The maximum absolute atomic E-state index is 5.54. The van der Waals surface area contributed by atoms with E-state index in [1.165, 1.54) is 38.0 Å². The van der Waals surface area contributed by atoms with Crippen molar-refractivity contribution in [1.82, 2.24) is 14.8 Å². The van der Waals surface area contributed by atoms with Crippen molar-refractivity contribution in [3.8, 4) is 0 Å². The molecule has 122 valence electrons. The first-order chi connectivity index (χ1) is 10.7. The van der Waals surface area contributed by atoms with Crippen LogP contribution >= 0.6 is 0 Å². The first kappa shape index (κ1) is 15.9. The first-order valence-electron chi connectivity index (χ1n) is 8.67. The third kappa shape index (κ3) is 4.06. The van der Waals surface area contributed by atoms with Gasteiger partial charge in [0, 0.05) is 63.9 Å². The van der Waals surface area contributed by atoms with Gasteiger partial charge in [-0.1, -0.05) is 19.9 Å². The van der Waals surface area contributed by atoms with Crippen molar-refractivity contribution in [1.29, 1.82) is 0 Å². The molecule has 0 radical (unpaired) electrons. The Morgan fingerprint density at radius 3 is 2.68 bits per heavy atom. The van der Waals surface area contributed by atoms with E-state index in [1.807, 2.05) is 18.5 Å². The van der Waals surface area contributed by atoms with Gasteiger partial charge in [0.25, 0.3) is 0 Å². The molecule has 0 unspecified atom stereocenters. The van der Waals surface area contributed by atoms with Gasteiger partial charge in [-0.05, 0) is 30.4 Å². The van der Waals surface area contributed by atoms with Crippen molar-refractivity contribution in [3.63, 3.8) is 0 Å². The van der Waals surface area contributed by atoms with E-state index in [0.29, 0.717) is 0 Å². The number of ether oxygens (including phenoxy) is 1. The maximum atomic E-state index is 5.54. The minimum atomic E-state index is 0.724. The Morgan fingerprint density at radius 1 is 1.27 bits per heavy atom. The fourth-order valence-corrected chi connectivity index (χ4v) is 3.67. The molecule has 2 fully saturated rings. The number of likely N-dealkylation sites (tertiary alicyclic amines) is 1. The molecule has 0 N–H and O–H groups in total. The Morgan fingerprint density at radius 2 is 2.05 bits per heavy atom. The van der Waals surface area contributed by atoms with Gasteiger partial charge in [0.15, 0.2) is 0 Å². The third-order valence-electron chi connectivity index (χ3n) is 4.77. The molecule has 0 atom stereocenters. The largest absolute Gasteiger partial charge is 0.381 e. The molecule has 0 aliphatic carbocycles. The predicted molar refractivity (Wildman–Crippen MR) is 88.7 cm³/mol. The van der Waals surface area contributed by atoms with Gasteiger partial charge in [-0.15, -0.1) is 0 Å². The van der Waals surface area contributed by atoms with E-state index in [2.05, 4.69) is 34.7 Å². The summed E-state index contributed by atoms with van der Waals surface area (Å²) in [5.41, 5.74) is 1.32. The van der Waals surface area contributed by atoms with Crippen LogP contribution < -0.4 is 0 Å². The van der Waals surface area contributed by atoms with Gasteiger partial charge in [0.1, 0.15) is 0 Å². The van der Waals surface area contributed by atoms with Crippen LogP contribution in [0.3, 0.4) is 0 Å². The summed E-state index contributed by atoms with van der Waals surface area (Å²) in [5, 5.41) is 0. The lowest BCUT2D eigenvalue weighted by Gasteiger charge is -2.49. The van der Waals surface area contributed by atoms with E-state index in [-0.39, 0.29) is 0 Å². The van der Waals surface area contributed by atoms with Crippen LogP contribution in [0.5, 0.6) is 0 Å². The zero-order valence-corrected chi connectivity index (χ0v) is 13.9. The monoisotopic (exact) mass is 303 g/mol. The smallest absolute Gasteiger partial charge is 0.0480 e. The molecular formula is C18H29N3O. The number of hydrogen-bond acceptors (Lipinski definition) is 4. The summed E-state index contributed by atoms with van der Waals surface area (Å²) in [5.74, 6) is 0.732. The molecule has 4 nitrogen and oxygen atoms in total. The molecule has 22 heavy (non-hydrogen) atoms. The Balaban J connectivity index is 1.53. The van der Waals surface area contributed by atoms with Gasteiger partial charge < -0.3 is 4.74 Å². The Kier molecular flexibility index (Phi) is 5.45. The average Bonchev–Trinajstić information content (AvgIpc) is 2.50. The number of hydrogen-bond donors (Lipinski definition) is 0. The van der Waals surface area contributed by atoms with E-state index in [9.17, 15) is 0 Å². The molecule has 0 saturated carbocycles.